The first-order valence-electron chi connectivity index (χ1n) is 34.3. The number of phosphoric acid groups is 1. The summed E-state index contributed by atoms with van der Waals surface area (Å²) in [6, 6.07) is -0.857. The van der Waals surface area contributed by atoms with Crippen LogP contribution in [-0.4, -0.2) is 74.3 Å². The fraction of sp³-hybridized carbons (Fsp3) is 0.803. The number of rotatable bonds is 62. The van der Waals surface area contributed by atoms with Crippen LogP contribution < -0.4 is 5.32 Å². The molecule has 472 valence electrons. The van der Waals surface area contributed by atoms with E-state index in [2.05, 4.69) is 86.8 Å². The molecule has 1 amide bonds. The van der Waals surface area contributed by atoms with Crippen molar-refractivity contribution in [1.29, 1.82) is 0 Å². The molecule has 0 aliphatic heterocycles. The maximum absolute atomic E-state index is 13.6. The van der Waals surface area contributed by atoms with Crippen LogP contribution in [0.3, 0.4) is 0 Å². The van der Waals surface area contributed by atoms with Crippen molar-refractivity contribution in [3.05, 3.63) is 72.9 Å². The molecule has 0 aliphatic carbocycles. The zero-order valence-electron chi connectivity index (χ0n) is 54.0. The normalized spacial score (nSPS) is 14.0. The van der Waals surface area contributed by atoms with Gasteiger partial charge in [-0.3, -0.25) is 18.6 Å². The zero-order valence-corrected chi connectivity index (χ0v) is 54.9. The molecule has 0 aromatic rings. The number of phosphoric ester groups is 1. The molecule has 0 fully saturated rings. The molecule has 0 radical (unpaired) electrons. The number of likely N-dealkylation sites (N-methyl/N-ethyl adjacent to an activating group) is 1. The monoisotopic (exact) mass is 1160 g/mol. The van der Waals surface area contributed by atoms with Gasteiger partial charge in [-0.15, -0.1) is 0 Å². The Hall–Kier alpha value is -2.55. The van der Waals surface area contributed by atoms with Gasteiger partial charge in [-0.1, -0.05) is 274 Å². The third-order valence-corrected chi connectivity index (χ3v) is 16.1. The van der Waals surface area contributed by atoms with Crippen LogP contribution in [0.25, 0.3) is 0 Å². The van der Waals surface area contributed by atoms with E-state index in [1.54, 1.807) is 0 Å². The molecule has 0 aliphatic rings. The Labute approximate surface area is 502 Å². The highest BCUT2D eigenvalue weighted by molar-refractivity contribution is 7.47. The summed E-state index contributed by atoms with van der Waals surface area (Å²) in [5.41, 5.74) is 0. The van der Waals surface area contributed by atoms with E-state index < -0.39 is 20.0 Å². The standard InChI is InChI=1S/C71H131N2O7P/c1-7-10-13-16-19-22-25-27-29-31-33-35-36-38-39-41-43-45-48-51-54-57-60-63-70(74)72-68(67-79-81(76,77)78-66-65-73(4,5)6)69(62-59-56-53-50-47-24-21-18-15-12-9-3)80-71(75)64-61-58-55-52-49-46-44-42-40-37-34-32-30-28-26-23-20-17-14-11-8-2/h19,22,27-30,33,35,38-39,59,62,68-69H,7-18,20-21,23-26,31-32,34,36-37,40-58,60-61,63-67H2,1-6H3,(H-,72,74,76,77)/p+1/b22-19-,29-27-,30-28+,35-33-,39-38-,62-59+. The number of allylic oxidation sites excluding steroid dienone is 11. The SMILES string of the molecule is CCCCC/C=C\C/C=C\C/C=C\C/C=C\CCCCCCCCCC(=O)NC(COP(=O)(O)OCC[N+](C)(C)C)C(/C=C/CCCCCCCCCCC)OC(=O)CCCCCCCCCCCCC/C=C/CCCCCCCC. The molecule has 2 N–H and O–H groups in total. The number of quaternary nitrogens is 1. The van der Waals surface area contributed by atoms with Gasteiger partial charge in [0.05, 0.1) is 33.8 Å². The lowest BCUT2D eigenvalue weighted by atomic mass is 10.0. The third kappa shape index (κ3) is 61.8. The summed E-state index contributed by atoms with van der Waals surface area (Å²) in [7, 11) is 1.49. The number of ether oxygens (including phenoxy) is 1. The van der Waals surface area contributed by atoms with Crippen LogP contribution in [0.5, 0.6) is 0 Å². The number of esters is 1. The fourth-order valence-corrected chi connectivity index (χ4v) is 10.5. The predicted octanol–water partition coefficient (Wildman–Crippen LogP) is 21.6. The van der Waals surface area contributed by atoms with Gasteiger partial charge < -0.3 is 19.4 Å². The average Bonchev–Trinajstić information content (AvgIpc) is 3.43. The molecule has 0 heterocycles. The van der Waals surface area contributed by atoms with Crippen LogP contribution >= 0.6 is 7.82 Å². The summed E-state index contributed by atoms with van der Waals surface area (Å²) in [5.74, 6) is -0.512. The number of carbonyl (C=O) groups is 2. The van der Waals surface area contributed by atoms with Gasteiger partial charge in [0.25, 0.3) is 0 Å². The number of nitrogens with one attached hydrogen (secondary N) is 1. The topological polar surface area (TPSA) is 111 Å². The molecule has 0 aromatic carbocycles. The minimum absolute atomic E-state index is 0.0361. The van der Waals surface area contributed by atoms with Gasteiger partial charge in [0, 0.05) is 12.8 Å². The van der Waals surface area contributed by atoms with Crippen LogP contribution in [0.2, 0.25) is 0 Å². The molecule has 9 nitrogen and oxygen atoms in total. The van der Waals surface area contributed by atoms with Gasteiger partial charge in [0.15, 0.2) is 0 Å². The highest BCUT2D eigenvalue weighted by Crippen LogP contribution is 2.43. The number of amides is 1. The average molecular weight is 1160 g/mol. The molecule has 0 saturated heterocycles. The van der Waals surface area contributed by atoms with E-state index in [-0.39, 0.29) is 31.5 Å². The Morgan fingerprint density at radius 1 is 0.432 bits per heavy atom. The predicted molar refractivity (Wildman–Crippen MR) is 351 cm³/mol. The summed E-state index contributed by atoms with van der Waals surface area (Å²) in [6.45, 7) is 6.99. The lowest BCUT2D eigenvalue weighted by molar-refractivity contribution is -0.870. The van der Waals surface area contributed by atoms with Crippen LogP contribution in [0.4, 0.5) is 0 Å². The minimum Gasteiger partial charge on any atom is -0.456 e. The molecule has 81 heavy (non-hydrogen) atoms. The Morgan fingerprint density at radius 3 is 1.16 bits per heavy atom. The molecule has 0 aromatic heterocycles. The zero-order chi connectivity index (χ0) is 59.3. The van der Waals surface area contributed by atoms with E-state index in [1.807, 2.05) is 33.3 Å². The van der Waals surface area contributed by atoms with E-state index in [4.69, 9.17) is 13.8 Å². The summed E-state index contributed by atoms with van der Waals surface area (Å²) < 4.78 is 30.8. The van der Waals surface area contributed by atoms with Gasteiger partial charge in [-0.05, 0) is 102 Å². The largest absolute Gasteiger partial charge is 0.472 e. The molecule has 0 spiro atoms. The first-order valence-corrected chi connectivity index (χ1v) is 35.8. The Balaban J connectivity index is 5.11. The summed E-state index contributed by atoms with van der Waals surface area (Å²) >= 11 is 0. The summed E-state index contributed by atoms with van der Waals surface area (Å²) in [4.78, 5) is 37.8. The van der Waals surface area contributed by atoms with Crippen molar-refractivity contribution < 1.29 is 37.3 Å². The van der Waals surface area contributed by atoms with E-state index >= 15 is 0 Å². The second-order valence-corrected chi connectivity index (χ2v) is 25.8. The number of hydrogen-bond acceptors (Lipinski definition) is 6. The number of nitrogens with zero attached hydrogens (tertiary/aromatic N) is 1. The summed E-state index contributed by atoms with van der Waals surface area (Å²) in [6.07, 6.45) is 79.0. The highest BCUT2D eigenvalue weighted by Gasteiger charge is 2.30. The van der Waals surface area contributed by atoms with Gasteiger partial charge >= 0.3 is 13.8 Å². The van der Waals surface area contributed by atoms with Gasteiger partial charge in [-0.2, -0.15) is 0 Å². The maximum atomic E-state index is 13.6. The van der Waals surface area contributed by atoms with E-state index in [0.29, 0.717) is 17.4 Å². The first-order chi connectivity index (χ1) is 39.4. The molecular formula is C71H132N2O7P+. The van der Waals surface area contributed by atoms with Crippen molar-refractivity contribution >= 4 is 19.7 Å². The second-order valence-electron chi connectivity index (χ2n) is 24.3. The van der Waals surface area contributed by atoms with Crippen LogP contribution in [0.15, 0.2) is 72.9 Å². The summed E-state index contributed by atoms with van der Waals surface area (Å²) in [5, 5.41) is 3.06. The van der Waals surface area contributed by atoms with Crippen LogP contribution in [0.1, 0.15) is 316 Å². The van der Waals surface area contributed by atoms with Crippen molar-refractivity contribution in [1.82, 2.24) is 5.32 Å². The van der Waals surface area contributed by atoms with Crippen molar-refractivity contribution in [3.63, 3.8) is 0 Å². The molecule has 10 heteroatoms. The number of hydrogen-bond donors (Lipinski definition) is 2. The lowest BCUT2D eigenvalue weighted by Crippen LogP contribution is -2.47. The molecule has 3 atom stereocenters. The Morgan fingerprint density at radius 2 is 0.753 bits per heavy atom. The van der Waals surface area contributed by atoms with E-state index in [1.165, 1.54) is 193 Å². The number of unbranched alkanes of at least 4 members (excludes halogenated alkanes) is 36. The van der Waals surface area contributed by atoms with Gasteiger partial charge in [0.1, 0.15) is 19.3 Å². The fourth-order valence-electron chi connectivity index (χ4n) is 9.80. The molecule has 3 unspecified atom stereocenters. The third-order valence-electron chi connectivity index (χ3n) is 15.1. The quantitative estimate of drug-likeness (QED) is 0.0205. The number of carbonyl (C=O) groups excluding carboxylic acids is 2. The van der Waals surface area contributed by atoms with Crippen molar-refractivity contribution in [2.45, 2.75) is 328 Å². The molecule has 0 saturated carbocycles. The molecular weight excluding hydrogens is 1020 g/mol. The Bertz CT molecular complexity index is 1620. The Kier molecular flexibility index (Phi) is 58.7. The van der Waals surface area contributed by atoms with Crippen molar-refractivity contribution in [3.8, 4) is 0 Å². The lowest BCUT2D eigenvalue weighted by Gasteiger charge is -2.27. The van der Waals surface area contributed by atoms with Crippen molar-refractivity contribution in [2.75, 3.05) is 40.9 Å². The van der Waals surface area contributed by atoms with E-state index in [9.17, 15) is 19.0 Å². The molecule has 0 bridgehead atoms. The molecule has 0 rings (SSSR count). The first kappa shape index (κ1) is 78.5. The van der Waals surface area contributed by atoms with Crippen LogP contribution in [-0.2, 0) is 27.9 Å². The smallest absolute Gasteiger partial charge is 0.456 e. The second kappa shape index (κ2) is 60.6. The highest BCUT2D eigenvalue weighted by atomic mass is 31.2. The van der Waals surface area contributed by atoms with Crippen LogP contribution in [0, 0.1) is 0 Å². The maximum Gasteiger partial charge on any atom is 0.472 e. The van der Waals surface area contributed by atoms with Gasteiger partial charge in [0.2, 0.25) is 5.91 Å². The van der Waals surface area contributed by atoms with E-state index in [0.717, 1.165) is 89.9 Å². The van der Waals surface area contributed by atoms with Crippen molar-refractivity contribution in [2.24, 2.45) is 0 Å². The van der Waals surface area contributed by atoms with Gasteiger partial charge in [-0.25, -0.2) is 4.57 Å². The minimum atomic E-state index is -4.46.